The lowest BCUT2D eigenvalue weighted by molar-refractivity contribution is 0.581. The van der Waals surface area contributed by atoms with Crippen LogP contribution in [0.4, 0.5) is 0 Å². The molecule has 4 nitrogen and oxygen atoms in total. The summed E-state index contributed by atoms with van der Waals surface area (Å²) in [4.78, 5) is 0.350. The average molecular weight is 278 g/mol. The molecule has 0 radical (unpaired) electrons. The highest BCUT2D eigenvalue weighted by atomic mass is 32.2. The van der Waals surface area contributed by atoms with Crippen molar-refractivity contribution >= 4 is 10.0 Å². The number of aryl methyl sites for hydroxylation is 2. The van der Waals surface area contributed by atoms with Crippen molar-refractivity contribution < 1.29 is 8.42 Å². The van der Waals surface area contributed by atoms with E-state index < -0.39 is 10.0 Å². The minimum absolute atomic E-state index is 0.350. The second-order valence-corrected chi connectivity index (χ2v) is 6.33. The molecule has 102 valence electrons. The van der Waals surface area contributed by atoms with Crippen LogP contribution in [0, 0.1) is 6.92 Å². The molecular weight excluding hydrogens is 260 g/mol. The Labute approximate surface area is 114 Å². The SMILES string of the molecule is Cc1ccccc1S(=O)(=O)NCCc1ccn(C)c1. The first-order chi connectivity index (χ1) is 8.99. The highest BCUT2D eigenvalue weighted by Crippen LogP contribution is 2.13. The molecule has 0 aliphatic heterocycles. The van der Waals surface area contributed by atoms with Crippen molar-refractivity contribution in [1.82, 2.24) is 9.29 Å². The Bertz CT molecular complexity index is 660. The number of rotatable bonds is 5. The molecule has 0 aliphatic rings. The molecule has 0 atom stereocenters. The average Bonchev–Trinajstić information content (AvgIpc) is 2.75. The summed E-state index contributed by atoms with van der Waals surface area (Å²) in [5.74, 6) is 0. The number of hydrogen-bond donors (Lipinski definition) is 1. The molecule has 2 rings (SSSR count). The monoisotopic (exact) mass is 278 g/mol. The zero-order valence-electron chi connectivity index (χ0n) is 11.1. The lowest BCUT2D eigenvalue weighted by atomic mass is 10.2. The summed E-state index contributed by atoms with van der Waals surface area (Å²) < 4.78 is 28.9. The quantitative estimate of drug-likeness (QED) is 0.907. The predicted octanol–water partition coefficient (Wildman–Crippen LogP) is 1.85. The van der Waals surface area contributed by atoms with Crippen molar-refractivity contribution in [2.24, 2.45) is 7.05 Å². The summed E-state index contributed by atoms with van der Waals surface area (Å²) in [6.45, 7) is 2.20. The Morgan fingerprint density at radius 2 is 1.95 bits per heavy atom. The van der Waals surface area contributed by atoms with E-state index in [1.54, 1.807) is 25.1 Å². The summed E-state index contributed by atoms with van der Waals surface area (Å²) in [6.07, 6.45) is 4.62. The lowest BCUT2D eigenvalue weighted by Crippen LogP contribution is -2.26. The summed E-state index contributed by atoms with van der Waals surface area (Å²) in [5.41, 5.74) is 1.88. The highest BCUT2D eigenvalue weighted by molar-refractivity contribution is 7.89. The van der Waals surface area contributed by atoms with Gasteiger partial charge in [-0.25, -0.2) is 13.1 Å². The minimum atomic E-state index is -3.41. The summed E-state index contributed by atoms with van der Waals surface area (Å²) in [5, 5.41) is 0. The van der Waals surface area contributed by atoms with Crippen molar-refractivity contribution in [1.29, 1.82) is 0 Å². The third-order valence-corrected chi connectivity index (χ3v) is 4.60. The van der Waals surface area contributed by atoms with Crippen LogP contribution < -0.4 is 4.72 Å². The maximum atomic E-state index is 12.1. The fraction of sp³-hybridized carbons (Fsp3) is 0.286. The number of aromatic nitrogens is 1. The topological polar surface area (TPSA) is 51.1 Å². The normalized spacial score (nSPS) is 11.7. The van der Waals surface area contributed by atoms with Gasteiger partial charge in [-0.05, 0) is 36.6 Å². The Balaban J connectivity index is 2.01. The van der Waals surface area contributed by atoms with Gasteiger partial charge < -0.3 is 4.57 Å². The number of nitrogens with one attached hydrogen (secondary N) is 1. The molecule has 2 aromatic rings. The fourth-order valence-electron chi connectivity index (χ4n) is 1.97. The van der Waals surface area contributed by atoms with Gasteiger partial charge in [0.1, 0.15) is 0 Å². The summed E-state index contributed by atoms with van der Waals surface area (Å²) in [7, 11) is -1.47. The van der Waals surface area contributed by atoms with E-state index in [0.717, 1.165) is 11.1 Å². The van der Waals surface area contributed by atoms with Crippen LogP contribution in [0.2, 0.25) is 0 Å². The largest absolute Gasteiger partial charge is 0.357 e. The second kappa shape index (κ2) is 5.59. The molecule has 1 aromatic carbocycles. The molecule has 0 saturated carbocycles. The van der Waals surface area contributed by atoms with Gasteiger partial charge in [0, 0.05) is 26.0 Å². The zero-order chi connectivity index (χ0) is 13.9. The number of sulfonamides is 1. The first-order valence-corrected chi connectivity index (χ1v) is 7.63. The van der Waals surface area contributed by atoms with Crippen LogP contribution in [0.15, 0.2) is 47.6 Å². The van der Waals surface area contributed by atoms with E-state index in [9.17, 15) is 8.42 Å². The third kappa shape index (κ3) is 3.45. The van der Waals surface area contributed by atoms with Gasteiger partial charge in [-0.15, -0.1) is 0 Å². The highest BCUT2D eigenvalue weighted by Gasteiger charge is 2.15. The second-order valence-electron chi connectivity index (χ2n) is 4.60. The number of hydrogen-bond acceptors (Lipinski definition) is 2. The van der Waals surface area contributed by atoms with Crippen LogP contribution in [-0.2, 0) is 23.5 Å². The smallest absolute Gasteiger partial charge is 0.240 e. The molecule has 0 amide bonds. The molecule has 0 saturated heterocycles. The Hall–Kier alpha value is -1.59. The minimum Gasteiger partial charge on any atom is -0.357 e. The van der Waals surface area contributed by atoms with Crippen LogP contribution in [0.25, 0.3) is 0 Å². The predicted molar refractivity (Wildman–Crippen MR) is 75.5 cm³/mol. The molecule has 0 unspecified atom stereocenters. The fourth-order valence-corrected chi connectivity index (χ4v) is 3.25. The van der Waals surface area contributed by atoms with Gasteiger partial charge in [0.25, 0.3) is 0 Å². The number of nitrogens with zero attached hydrogens (tertiary/aromatic N) is 1. The molecule has 0 aliphatic carbocycles. The van der Waals surface area contributed by atoms with Gasteiger partial charge in [-0.1, -0.05) is 18.2 Å². The Morgan fingerprint density at radius 1 is 1.21 bits per heavy atom. The molecule has 0 fully saturated rings. The van der Waals surface area contributed by atoms with Gasteiger partial charge in [-0.3, -0.25) is 0 Å². The van der Waals surface area contributed by atoms with E-state index in [2.05, 4.69) is 4.72 Å². The van der Waals surface area contributed by atoms with Crippen LogP contribution >= 0.6 is 0 Å². The van der Waals surface area contributed by atoms with E-state index in [1.807, 2.05) is 36.1 Å². The van der Waals surface area contributed by atoms with Crippen molar-refractivity contribution in [3.8, 4) is 0 Å². The van der Waals surface area contributed by atoms with Crippen LogP contribution in [-0.4, -0.2) is 19.5 Å². The molecular formula is C14H18N2O2S. The molecule has 1 heterocycles. The lowest BCUT2D eigenvalue weighted by Gasteiger charge is -2.08. The van der Waals surface area contributed by atoms with Gasteiger partial charge in [0.15, 0.2) is 0 Å². The van der Waals surface area contributed by atoms with E-state index in [0.29, 0.717) is 17.9 Å². The van der Waals surface area contributed by atoms with E-state index in [4.69, 9.17) is 0 Å². The number of benzene rings is 1. The van der Waals surface area contributed by atoms with Gasteiger partial charge in [0.05, 0.1) is 4.90 Å². The van der Waals surface area contributed by atoms with Gasteiger partial charge in [0.2, 0.25) is 10.0 Å². The molecule has 1 aromatic heterocycles. The first-order valence-electron chi connectivity index (χ1n) is 6.15. The standard InChI is InChI=1S/C14H18N2O2S/c1-12-5-3-4-6-14(12)19(17,18)15-9-7-13-8-10-16(2)11-13/h3-6,8,10-11,15H,7,9H2,1-2H3. The molecule has 0 bridgehead atoms. The molecule has 19 heavy (non-hydrogen) atoms. The molecule has 1 N–H and O–H groups in total. The van der Waals surface area contributed by atoms with Crippen molar-refractivity contribution in [2.45, 2.75) is 18.2 Å². The van der Waals surface area contributed by atoms with Gasteiger partial charge in [-0.2, -0.15) is 0 Å². The Kier molecular flexibility index (Phi) is 4.07. The van der Waals surface area contributed by atoms with Crippen LogP contribution in [0.1, 0.15) is 11.1 Å². The molecule has 0 spiro atoms. The van der Waals surface area contributed by atoms with Crippen LogP contribution in [0.3, 0.4) is 0 Å². The van der Waals surface area contributed by atoms with E-state index >= 15 is 0 Å². The van der Waals surface area contributed by atoms with Crippen molar-refractivity contribution in [3.63, 3.8) is 0 Å². The first kappa shape index (κ1) is 13.8. The maximum Gasteiger partial charge on any atom is 0.240 e. The van der Waals surface area contributed by atoms with E-state index in [-0.39, 0.29) is 0 Å². The maximum absolute atomic E-state index is 12.1. The van der Waals surface area contributed by atoms with Gasteiger partial charge >= 0.3 is 0 Å². The third-order valence-electron chi connectivity index (χ3n) is 2.98. The summed E-state index contributed by atoms with van der Waals surface area (Å²) >= 11 is 0. The van der Waals surface area contributed by atoms with Crippen molar-refractivity contribution in [2.75, 3.05) is 6.54 Å². The zero-order valence-corrected chi connectivity index (χ0v) is 11.9. The molecule has 5 heteroatoms. The van der Waals surface area contributed by atoms with E-state index in [1.165, 1.54) is 0 Å². The van der Waals surface area contributed by atoms with Crippen LogP contribution in [0.5, 0.6) is 0 Å². The Morgan fingerprint density at radius 3 is 2.58 bits per heavy atom. The van der Waals surface area contributed by atoms with Crippen molar-refractivity contribution in [3.05, 3.63) is 53.9 Å². The summed E-state index contributed by atoms with van der Waals surface area (Å²) in [6, 6.07) is 8.98.